The Labute approximate surface area is 115 Å². The molecule has 0 aromatic carbocycles. The Balaban J connectivity index is 2.42. The fraction of sp³-hybridized carbons (Fsp3) is 0.667. The smallest absolute Gasteiger partial charge is 0.192 e. The minimum atomic E-state index is -0.115. The molecule has 106 valence electrons. The number of rotatable bonds is 2. The molecule has 0 radical (unpaired) electrons. The molecular formula is C15H24N2O2. The molecule has 0 bridgehead atoms. The first kappa shape index (κ1) is 14.1. The van der Waals surface area contributed by atoms with Crippen LogP contribution in [0.5, 0.6) is 0 Å². The van der Waals surface area contributed by atoms with Crippen LogP contribution in [0, 0.1) is 5.41 Å². The van der Waals surface area contributed by atoms with E-state index in [0.717, 1.165) is 23.5 Å². The van der Waals surface area contributed by atoms with Gasteiger partial charge >= 0.3 is 0 Å². The summed E-state index contributed by atoms with van der Waals surface area (Å²) in [6.07, 6.45) is 3.31. The van der Waals surface area contributed by atoms with Gasteiger partial charge in [-0.1, -0.05) is 13.8 Å². The van der Waals surface area contributed by atoms with E-state index < -0.39 is 0 Å². The number of ether oxygens (including phenoxy) is 1. The molecule has 19 heavy (non-hydrogen) atoms. The van der Waals surface area contributed by atoms with E-state index >= 15 is 0 Å². The molecule has 1 heterocycles. The molecule has 0 spiro atoms. The average molecular weight is 264 g/mol. The number of likely N-dealkylation sites (N-methyl/N-ethyl adjacent to an activating group) is 2. The largest absolute Gasteiger partial charge is 0.473 e. The van der Waals surface area contributed by atoms with Crippen molar-refractivity contribution in [2.75, 3.05) is 28.2 Å². The zero-order valence-electron chi connectivity index (χ0n) is 12.8. The summed E-state index contributed by atoms with van der Waals surface area (Å²) in [5.41, 5.74) is 1.79. The van der Waals surface area contributed by atoms with Gasteiger partial charge in [0.25, 0.3) is 0 Å². The van der Waals surface area contributed by atoms with E-state index in [2.05, 4.69) is 13.8 Å². The molecule has 0 saturated carbocycles. The van der Waals surface area contributed by atoms with Crippen LogP contribution in [0.1, 0.15) is 26.7 Å². The molecular weight excluding hydrogens is 240 g/mol. The molecule has 0 aromatic rings. The lowest BCUT2D eigenvalue weighted by atomic mass is 9.76. The Hall–Kier alpha value is -1.29. The summed E-state index contributed by atoms with van der Waals surface area (Å²) in [6, 6.07) is 0. The molecule has 1 unspecified atom stereocenters. The van der Waals surface area contributed by atoms with Gasteiger partial charge in [0.05, 0.1) is 11.3 Å². The van der Waals surface area contributed by atoms with E-state index in [1.165, 1.54) is 0 Å². The average Bonchev–Trinajstić information content (AvgIpc) is 2.25. The fourth-order valence-corrected chi connectivity index (χ4v) is 2.68. The van der Waals surface area contributed by atoms with Crippen molar-refractivity contribution in [1.29, 1.82) is 0 Å². The highest BCUT2D eigenvalue weighted by Gasteiger charge is 2.38. The predicted octanol–water partition coefficient (Wildman–Crippen LogP) is 1.99. The van der Waals surface area contributed by atoms with Gasteiger partial charge in [-0.05, 0) is 25.6 Å². The lowest BCUT2D eigenvalue weighted by Gasteiger charge is -2.40. The highest BCUT2D eigenvalue weighted by molar-refractivity contribution is 6.00. The molecule has 1 atom stereocenters. The molecule has 4 heteroatoms. The van der Waals surface area contributed by atoms with Gasteiger partial charge in [-0.15, -0.1) is 0 Å². The predicted molar refractivity (Wildman–Crippen MR) is 75.4 cm³/mol. The summed E-state index contributed by atoms with van der Waals surface area (Å²) in [4.78, 5) is 16.3. The van der Waals surface area contributed by atoms with Gasteiger partial charge in [-0.25, -0.2) is 0 Å². The third-order valence-corrected chi connectivity index (χ3v) is 3.66. The summed E-state index contributed by atoms with van der Waals surface area (Å²) < 4.78 is 6.11. The van der Waals surface area contributed by atoms with Crippen LogP contribution in [0.2, 0.25) is 0 Å². The molecule has 2 rings (SSSR count). The normalized spacial score (nSPS) is 25.9. The van der Waals surface area contributed by atoms with E-state index in [0.29, 0.717) is 6.42 Å². The third kappa shape index (κ3) is 2.68. The van der Waals surface area contributed by atoms with Gasteiger partial charge in [-0.3, -0.25) is 9.69 Å². The van der Waals surface area contributed by atoms with Crippen molar-refractivity contribution in [3.05, 3.63) is 23.1 Å². The Morgan fingerprint density at radius 1 is 1.21 bits per heavy atom. The minimum Gasteiger partial charge on any atom is -0.473 e. The highest BCUT2D eigenvalue weighted by Crippen LogP contribution is 2.41. The Bertz CT molecular complexity index is 459. The van der Waals surface area contributed by atoms with Crippen molar-refractivity contribution in [3.63, 3.8) is 0 Å². The molecule has 4 nitrogen and oxygen atoms in total. The van der Waals surface area contributed by atoms with Gasteiger partial charge in [0.1, 0.15) is 5.76 Å². The SMILES string of the molecule is CN(C)C1=CC2=C(CC(C)(C)CC2=O)OC1N(C)C. The lowest BCUT2D eigenvalue weighted by Crippen LogP contribution is -2.41. The zero-order chi connectivity index (χ0) is 14.4. The van der Waals surface area contributed by atoms with Crippen molar-refractivity contribution in [3.8, 4) is 0 Å². The quantitative estimate of drug-likeness (QED) is 0.763. The van der Waals surface area contributed by atoms with E-state index in [4.69, 9.17) is 4.74 Å². The molecule has 1 aliphatic heterocycles. The van der Waals surface area contributed by atoms with Crippen LogP contribution in [0.4, 0.5) is 0 Å². The molecule has 0 aromatic heterocycles. The van der Waals surface area contributed by atoms with Crippen molar-refractivity contribution >= 4 is 5.78 Å². The highest BCUT2D eigenvalue weighted by atomic mass is 16.5. The van der Waals surface area contributed by atoms with E-state index in [9.17, 15) is 4.79 Å². The van der Waals surface area contributed by atoms with Crippen LogP contribution in [-0.4, -0.2) is 50.0 Å². The zero-order valence-corrected chi connectivity index (χ0v) is 12.8. The number of hydrogen-bond acceptors (Lipinski definition) is 4. The minimum absolute atomic E-state index is 0.00373. The van der Waals surface area contributed by atoms with Crippen molar-refractivity contribution in [2.24, 2.45) is 5.41 Å². The van der Waals surface area contributed by atoms with Crippen LogP contribution in [0.3, 0.4) is 0 Å². The maximum atomic E-state index is 12.3. The van der Waals surface area contributed by atoms with Crippen molar-refractivity contribution in [2.45, 2.75) is 32.9 Å². The van der Waals surface area contributed by atoms with Crippen LogP contribution in [0.25, 0.3) is 0 Å². The number of nitrogens with zero attached hydrogens (tertiary/aromatic N) is 2. The summed E-state index contributed by atoms with van der Waals surface area (Å²) >= 11 is 0. The third-order valence-electron chi connectivity index (χ3n) is 3.66. The number of carbonyl (C=O) groups is 1. The second-order valence-corrected chi connectivity index (χ2v) is 6.68. The van der Waals surface area contributed by atoms with E-state index in [1.807, 2.05) is 44.1 Å². The first-order valence-corrected chi connectivity index (χ1v) is 6.69. The van der Waals surface area contributed by atoms with Crippen LogP contribution < -0.4 is 0 Å². The van der Waals surface area contributed by atoms with Crippen molar-refractivity contribution in [1.82, 2.24) is 9.80 Å². The molecule has 1 aliphatic carbocycles. The number of carbonyl (C=O) groups excluding carboxylic acids is 1. The molecule has 2 aliphatic rings. The Morgan fingerprint density at radius 2 is 1.84 bits per heavy atom. The van der Waals surface area contributed by atoms with Crippen LogP contribution in [-0.2, 0) is 9.53 Å². The summed E-state index contributed by atoms with van der Waals surface area (Å²) in [6.45, 7) is 4.24. The van der Waals surface area contributed by atoms with Gasteiger partial charge in [0, 0.05) is 26.9 Å². The second-order valence-electron chi connectivity index (χ2n) is 6.68. The summed E-state index contributed by atoms with van der Waals surface area (Å²) in [5, 5.41) is 0. The number of Topliss-reactive ketones (excluding diaryl/α,β-unsaturated/α-hetero) is 1. The van der Waals surface area contributed by atoms with Gasteiger partial charge < -0.3 is 9.64 Å². The Morgan fingerprint density at radius 3 is 2.37 bits per heavy atom. The Kier molecular flexibility index (Phi) is 3.47. The van der Waals surface area contributed by atoms with Crippen molar-refractivity contribution < 1.29 is 9.53 Å². The summed E-state index contributed by atoms with van der Waals surface area (Å²) in [7, 11) is 7.94. The fourth-order valence-electron chi connectivity index (χ4n) is 2.68. The topological polar surface area (TPSA) is 32.8 Å². The summed E-state index contributed by atoms with van der Waals surface area (Å²) in [5.74, 6) is 1.05. The number of hydrogen-bond donors (Lipinski definition) is 0. The monoisotopic (exact) mass is 264 g/mol. The molecule has 0 N–H and O–H groups in total. The van der Waals surface area contributed by atoms with E-state index in [1.54, 1.807) is 0 Å². The number of ketones is 1. The molecule has 0 amide bonds. The first-order valence-electron chi connectivity index (χ1n) is 6.69. The van der Waals surface area contributed by atoms with Gasteiger partial charge in [-0.2, -0.15) is 0 Å². The maximum absolute atomic E-state index is 12.3. The molecule has 0 fully saturated rings. The number of allylic oxidation sites excluding steroid dienone is 3. The first-order chi connectivity index (χ1) is 8.71. The van der Waals surface area contributed by atoms with E-state index in [-0.39, 0.29) is 17.4 Å². The van der Waals surface area contributed by atoms with Crippen LogP contribution >= 0.6 is 0 Å². The lowest BCUT2D eigenvalue weighted by molar-refractivity contribution is -0.119. The van der Waals surface area contributed by atoms with Gasteiger partial charge in [0.2, 0.25) is 0 Å². The standard InChI is InChI=1S/C15H24N2O2/c1-15(2)8-12(18)10-7-11(16(3)4)14(17(5)6)19-13(10)9-15/h7,14H,8-9H2,1-6H3. The maximum Gasteiger partial charge on any atom is 0.192 e. The van der Waals surface area contributed by atoms with Crippen LogP contribution in [0.15, 0.2) is 23.1 Å². The van der Waals surface area contributed by atoms with Gasteiger partial charge in [0.15, 0.2) is 12.0 Å². The second kappa shape index (κ2) is 4.67. The molecule has 0 saturated heterocycles.